The van der Waals surface area contributed by atoms with E-state index < -0.39 is 0 Å². The fourth-order valence-corrected chi connectivity index (χ4v) is 2.89. The first kappa shape index (κ1) is 16.1. The Morgan fingerprint density at radius 3 is 2.62 bits per heavy atom. The molecule has 4 heteroatoms. The molecule has 0 spiro atoms. The predicted molar refractivity (Wildman–Crippen MR) is 86.9 cm³/mol. The largest absolute Gasteiger partial charge is 0.494 e. The van der Waals surface area contributed by atoms with E-state index in [1.165, 1.54) is 12.8 Å². The van der Waals surface area contributed by atoms with Gasteiger partial charge in [0.15, 0.2) is 0 Å². The van der Waals surface area contributed by atoms with E-state index in [1.54, 1.807) is 0 Å². The van der Waals surface area contributed by atoms with Crippen LogP contribution in [0, 0.1) is 0 Å². The first-order valence-corrected chi connectivity index (χ1v) is 8.01. The second-order valence-electron chi connectivity index (χ2n) is 5.96. The van der Waals surface area contributed by atoms with Crippen LogP contribution < -0.4 is 10.1 Å². The van der Waals surface area contributed by atoms with Gasteiger partial charge >= 0.3 is 0 Å². The van der Waals surface area contributed by atoms with Crippen molar-refractivity contribution in [3.05, 3.63) is 23.8 Å². The molecule has 1 saturated heterocycles. The second kappa shape index (κ2) is 7.66. The molecular weight excluding hydrogens is 264 g/mol. The Kier molecular flexibility index (Phi) is 5.88. The summed E-state index contributed by atoms with van der Waals surface area (Å²) in [6, 6.07) is 7.14. The molecule has 0 saturated carbocycles. The number of hydrogen-bond acceptors (Lipinski definition) is 4. The molecule has 0 bridgehead atoms. The lowest BCUT2D eigenvalue weighted by atomic mass is 10.0. The molecule has 4 nitrogen and oxygen atoms in total. The summed E-state index contributed by atoms with van der Waals surface area (Å²) in [5.41, 5.74) is 1.92. The summed E-state index contributed by atoms with van der Waals surface area (Å²) in [5, 5.41) is 13.0. The first-order valence-electron chi connectivity index (χ1n) is 8.01. The number of anilines is 1. The molecule has 1 aliphatic rings. The topological polar surface area (TPSA) is 44.7 Å². The number of hydrogen-bond donors (Lipinski definition) is 2. The zero-order valence-electron chi connectivity index (χ0n) is 13.4. The maximum Gasteiger partial charge on any atom is 0.124 e. The number of nitrogens with one attached hydrogen (secondary N) is 1. The Morgan fingerprint density at radius 1 is 1.33 bits per heavy atom. The zero-order valence-corrected chi connectivity index (χ0v) is 13.4. The predicted octanol–water partition coefficient (Wildman–Crippen LogP) is 2.86. The Labute approximate surface area is 128 Å². The van der Waals surface area contributed by atoms with E-state index in [0.717, 1.165) is 30.1 Å². The molecule has 21 heavy (non-hydrogen) atoms. The van der Waals surface area contributed by atoms with E-state index in [2.05, 4.69) is 24.1 Å². The van der Waals surface area contributed by atoms with Gasteiger partial charge in [-0.1, -0.05) is 0 Å². The molecule has 2 rings (SSSR count). The summed E-state index contributed by atoms with van der Waals surface area (Å²) in [7, 11) is 0. The van der Waals surface area contributed by atoms with E-state index in [9.17, 15) is 5.11 Å². The van der Waals surface area contributed by atoms with Crippen LogP contribution in [0.1, 0.15) is 39.2 Å². The third kappa shape index (κ3) is 4.35. The molecule has 0 unspecified atom stereocenters. The highest BCUT2D eigenvalue weighted by molar-refractivity contribution is 5.51. The minimum absolute atomic E-state index is 0.0106. The van der Waals surface area contributed by atoms with Crippen LogP contribution in [-0.4, -0.2) is 41.8 Å². The van der Waals surface area contributed by atoms with Crippen LogP contribution >= 0.6 is 0 Å². The highest BCUT2D eigenvalue weighted by Crippen LogP contribution is 2.25. The Hall–Kier alpha value is -1.26. The van der Waals surface area contributed by atoms with Crippen LogP contribution in [0.25, 0.3) is 0 Å². The normalized spacial score (nSPS) is 17.2. The fourth-order valence-electron chi connectivity index (χ4n) is 2.89. The van der Waals surface area contributed by atoms with Gasteiger partial charge in [0, 0.05) is 36.4 Å². The Morgan fingerprint density at radius 2 is 2.05 bits per heavy atom. The Bertz CT molecular complexity index is 440. The lowest BCUT2D eigenvalue weighted by Gasteiger charge is -2.35. The van der Waals surface area contributed by atoms with Crippen LogP contribution in [-0.2, 0) is 6.61 Å². The number of ether oxygens (including phenoxy) is 1. The molecule has 2 N–H and O–H groups in total. The van der Waals surface area contributed by atoms with Crippen LogP contribution in [0.2, 0.25) is 0 Å². The summed E-state index contributed by atoms with van der Waals surface area (Å²) in [6.07, 6.45) is 2.33. The lowest BCUT2D eigenvalue weighted by Crippen LogP contribution is -2.42. The number of nitrogens with zero attached hydrogens (tertiary/aromatic N) is 1. The van der Waals surface area contributed by atoms with Gasteiger partial charge in [-0.05, 0) is 51.8 Å². The molecule has 1 aromatic carbocycles. The van der Waals surface area contributed by atoms with Crippen molar-refractivity contribution in [3.8, 4) is 5.75 Å². The second-order valence-corrected chi connectivity index (χ2v) is 5.96. The highest BCUT2D eigenvalue weighted by Gasteiger charge is 2.20. The average Bonchev–Trinajstić information content (AvgIpc) is 2.49. The SMILES string of the molecule is CCOc1ccc(NC2CCN(C(C)C)CC2)cc1CO. The maximum absolute atomic E-state index is 9.46. The molecular formula is C17H28N2O2. The number of aliphatic hydroxyl groups excluding tert-OH is 1. The van der Waals surface area contributed by atoms with Gasteiger partial charge in [-0.3, -0.25) is 0 Å². The van der Waals surface area contributed by atoms with Gasteiger partial charge in [0.05, 0.1) is 13.2 Å². The van der Waals surface area contributed by atoms with Gasteiger partial charge < -0.3 is 20.1 Å². The van der Waals surface area contributed by atoms with Gasteiger partial charge in [0.25, 0.3) is 0 Å². The summed E-state index contributed by atoms with van der Waals surface area (Å²) >= 11 is 0. The summed E-state index contributed by atoms with van der Waals surface area (Å²) in [6.45, 7) is 9.40. The molecule has 1 aliphatic heterocycles. The van der Waals surface area contributed by atoms with E-state index in [1.807, 2.05) is 25.1 Å². The molecule has 0 aromatic heterocycles. The van der Waals surface area contributed by atoms with Crippen molar-refractivity contribution in [2.75, 3.05) is 25.0 Å². The number of benzene rings is 1. The van der Waals surface area contributed by atoms with Crippen molar-refractivity contribution in [2.24, 2.45) is 0 Å². The fraction of sp³-hybridized carbons (Fsp3) is 0.647. The molecule has 1 aromatic rings. The van der Waals surface area contributed by atoms with Gasteiger partial charge in [0.1, 0.15) is 5.75 Å². The van der Waals surface area contributed by atoms with Crippen LogP contribution in [0.15, 0.2) is 18.2 Å². The minimum atomic E-state index is 0.0106. The number of likely N-dealkylation sites (tertiary alicyclic amines) is 1. The average molecular weight is 292 g/mol. The van der Waals surface area contributed by atoms with Crippen molar-refractivity contribution in [1.82, 2.24) is 4.90 Å². The van der Waals surface area contributed by atoms with Crippen LogP contribution in [0.3, 0.4) is 0 Å². The number of piperidine rings is 1. The summed E-state index contributed by atoms with van der Waals surface area (Å²) in [5.74, 6) is 0.778. The summed E-state index contributed by atoms with van der Waals surface area (Å²) in [4.78, 5) is 2.52. The molecule has 118 valence electrons. The smallest absolute Gasteiger partial charge is 0.124 e. The quantitative estimate of drug-likeness (QED) is 0.846. The molecule has 1 heterocycles. The van der Waals surface area contributed by atoms with E-state index >= 15 is 0 Å². The van der Waals surface area contributed by atoms with Crippen molar-refractivity contribution in [3.63, 3.8) is 0 Å². The third-order valence-electron chi connectivity index (χ3n) is 4.16. The summed E-state index contributed by atoms with van der Waals surface area (Å²) < 4.78 is 5.52. The van der Waals surface area contributed by atoms with Crippen molar-refractivity contribution in [2.45, 2.75) is 52.3 Å². The van der Waals surface area contributed by atoms with Gasteiger partial charge in [-0.25, -0.2) is 0 Å². The van der Waals surface area contributed by atoms with Gasteiger partial charge in [-0.15, -0.1) is 0 Å². The Balaban J connectivity index is 1.94. The van der Waals surface area contributed by atoms with Crippen LogP contribution in [0.4, 0.5) is 5.69 Å². The van der Waals surface area contributed by atoms with Gasteiger partial charge in [0.2, 0.25) is 0 Å². The third-order valence-corrected chi connectivity index (χ3v) is 4.16. The first-order chi connectivity index (χ1) is 10.1. The molecule has 0 atom stereocenters. The highest BCUT2D eigenvalue weighted by atomic mass is 16.5. The van der Waals surface area contributed by atoms with Crippen molar-refractivity contribution < 1.29 is 9.84 Å². The standard InChI is InChI=1S/C17H28N2O2/c1-4-21-17-6-5-16(11-14(17)12-20)18-15-7-9-19(10-8-15)13(2)3/h5-6,11,13,15,18,20H,4,7-10,12H2,1-3H3. The molecule has 0 radical (unpaired) electrons. The van der Waals surface area contributed by atoms with Crippen molar-refractivity contribution >= 4 is 5.69 Å². The monoisotopic (exact) mass is 292 g/mol. The number of aliphatic hydroxyl groups is 1. The van der Waals surface area contributed by atoms with Crippen molar-refractivity contribution in [1.29, 1.82) is 0 Å². The van der Waals surface area contributed by atoms with Crippen LogP contribution in [0.5, 0.6) is 5.75 Å². The maximum atomic E-state index is 9.46. The zero-order chi connectivity index (χ0) is 15.2. The molecule has 1 fully saturated rings. The van der Waals surface area contributed by atoms with Gasteiger partial charge in [-0.2, -0.15) is 0 Å². The lowest BCUT2D eigenvalue weighted by molar-refractivity contribution is 0.177. The van der Waals surface area contributed by atoms with E-state index in [-0.39, 0.29) is 6.61 Å². The molecule has 0 amide bonds. The minimum Gasteiger partial charge on any atom is -0.494 e. The number of rotatable bonds is 6. The van der Waals surface area contributed by atoms with E-state index in [0.29, 0.717) is 18.7 Å². The van der Waals surface area contributed by atoms with E-state index in [4.69, 9.17) is 4.74 Å². The molecule has 0 aliphatic carbocycles.